The second-order valence-corrected chi connectivity index (χ2v) is 3.77. The molecule has 0 aromatic heterocycles. The molecule has 0 spiro atoms. The lowest BCUT2D eigenvalue weighted by Crippen LogP contribution is -2.02. The standard InChI is InChI=1S/C7H9N.C4H12O2Si/c1-8-7-5-3-2-4-6-7;1-3-5-7-6-4-2/h2-6,8H,1H3;3-4,7H2,1-2H3. The molecule has 1 rings (SSSR count). The van der Waals surface area contributed by atoms with Crippen molar-refractivity contribution in [3.05, 3.63) is 30.3 Å². The normalized spacial score (nSPS) is 9.00. The summed E-state index contributed by atoms with van der Waals surface area (Å²) in [5.74, 6) is 0. The zero-order valence-corrected chi connectivity index (χ0v) is 11.2. The van der Waals surface area contributed by atoms with Gasteiger partial charge in [-0.2, -0.15) is 0 Å². The van der Waals surface area contributed by atoms with Gasteiger partial charge in [0, 0.05) is 25.9 Å². The lowest BCUT2D eigenvalue weighted by Gasteiger charge is -1.96. The van der Waals surface area contributed by atoms with Crippen molar-refractivity contribution < 1.29 is 8.85 Å². The van der Waals surface area contributed by atoms with Gasteiger partial charge in [-0.3, -0.25) is 0 Å². The predicted molar refractivity (Wildman–Crippen MR) is 67.8 cm³/mol. The van der Waals surface area contributed by atoms with Crippen LogP contribution in [0.1, 0.15) is 13.8 Å². The predicted octanol–water partition coefficient (Wildman–Crippen LogP) is 1.79. The Morgan fingerprint density at radius 1 is 1.07 bits per heavy atom. The van der Waals surface area contributed by atoms with Gasteiger partial charge in [-0.25, -0.2) is 0 Å². The van der Waals surface area contributed by atoms with Gasteiger partial charge < -0.3 is 14.2 Å². The molecule has 0 unspecified atom stereocenters. The van der Waals surface area contributed by atoms with Crippen molar-refractivity contribution in [2.24, 2.45) is 0 Å². The third kappa shape index (κ3) is 9.46. The highest BCUT2D eigenvalue weighted by atomic mass is 28.3. The Bertz CT molecular complexity index is 215. The molecule has 0 atom stereocenters. The van der Waals surface area contributed by atoms with Crippen LogP contribution in [0.15, 0.2) is 30.3 Å². The highest BCUT2D eigenvalue weighted by molar-refractivity contribution is 6.17. The van der Waals surface area contributed by atoms with Gasteiger partial charge in [0.05, 0.1) is 0 Å². The second kappa shape index (κ2) is 11.2. The van der Waals surface area contributed by atoms with Crippen molar-refractivity contribution in [1.82, 2.24) is 0 Å². The van der Waals surface area contributed by atoms with Crippen LogP contribution in [0, 0.1) is 0 Å². The lowest BCUT2D eigenvalue weighted by molar-refractivity contribution is 0.240. The van der Waals surface area contributed by atoms with Crippen LogP contribution in [0.3, 0.4) is 0 Å². The van der Waals surface area contributed by atoms with Crippen molar-refractivity contribution in [1.29, 1.82) is 0 Å². The first-order valence-corrected chi connectivity index (χ1v) is 6.38. The Kier molecular flexibility index (Phi) is 10.6. The summed E-state index contributed by atoms with van der Waals surface area (Å²) in [6.07, 6.45) is 0. The number of hydrogen-bond acceptors (Lipinski definition) is 3. The van der Waals surface area contributed by atoms with Crippen LogP contribution >= 0.6 is 0 Å². The number of anilines is 1. The average Bonchev–Trinajstić information content (AvgIpc) is 2.32. The maximum Gasteiger partial charge on any atom is 0.304 e. The molecule has 4 heteroatoms. The van der Waals surface area contributed by atoms with Crippen molar-refractivity contribution in [2.75, 3.05) is 25.6 Å². The van der Waals surface area contributed by atoms with Crippen molar-refractivity contribution in [3.63, 3.8) is 0 Å². The monoisotopic (exact) mass is 227 g/mol. The Balaban J connectivity index is 0.000000265. The molecular formula is C11H21NO2Si. The van der Waals surface area contributed by atoms with E-state index >= 15 is 0 Å². The van der Waals surface area contributed by atoms with Gasteiger partial charge in [0.25, 0.3) is 0 Å². The van der Waals surface area contributed by atoms with Gasteiger partial charge in [0.1, 0.15) is 0 Å². The van der Waals surface area contributed by atoms with Crippen molar-refractivity contribution in [3.8, 4) is 0 Å². The van der Waals surface area contributed by atoms with Crippen LogP contribution in [0.2, 0.25) is 0 Å². The lowest BCUT2D eigenvalue weighted by atomic mass is 10.3. The molecule has 1 aromatic carbocycles. The molecule has 0 bridgehead atoms. The first-order chi connectivity index (χ1) is 7.35. The van der Waals surface area contributed by atoms with Crippen LogP contribution in [0.5, 0.6) is 0 Å². The molecule has 0 fully saturated rings. The van der Waals surface area contributed by atoms with Crippen LogP contribution in [-0.2, 0) is 8.85 Å². The zero-order chi connectivity index (χ0) is 11.4. The maximum absolute atomic E-state index is 4.99. The number of nitrogens with one attached hydrogen (secondary N) is 1. The minimum atomic E-state index is -0.589. The number of benzene rings is 1. The van der Waals surface area contributed by atoms with E-state index in [2.05, 4.69) is 5.32 Å². The molecule has 3 nitrogen and oxygen atoms in total. The first kappa shape index (κ1) is 14.2. The summed E-state index contributed by atoms with van der Waals surface area (Å²) in [7, 11) is 1.32. The molecule has 0 heterocycles. The second-order valence-electron chi connectivity index (χ2n) is 2.72. The van der Waals surface area contributed by atoms with E-state index in [4.69, 9.17) is 8.85 Å². The minimum absolute atomic E-state index is 0.589. The van der Waals surface area contributed by atoms with E-state index in [1.807, 2.05) is 51.2 Å². The topological polar surface area (TPSA) is 30.5 Å². The van der Waals surface area contributed by atoms with Crippen LogP contribution in [0.4, 0.5) is 5.69 Å². The summed E-state index contributed by atoms with van der Waals surface area (Å²) in [4.78, 5) is 0. The van der Waals surface area contributed by atoms with Crippen molar-refractivity contribution in [2.45, 2.75) is 13.8 Å². The molecule has 0 aliphatic carbocycles. The van der Waals surface area contributed by atoms with E-state index in [-0.39, 0.29) is 0 Å². The first-order valence-electron chi connectivity index (χ1n) is 5.23. The number of para-hydroxylation sites is 1. The minimum Gasteiger partial charge on any atom is -0.399 e. The van der Waals surface area contributed by atoms with E-state index in [1.54, 1.807) is 0 Å². The summed E-state index contributed by atoms with van der Waals surface area (Å²) >= 11 is 0. The molecule has 0 radical (unpaired) electrons. The number of hydrogen-bond donors (Lipinski definition) is 1. The van der Waals surface area contributed by atoms with Crippen molar-refractivity contribution >= 4 is 15.7 Å². The molecule has 15 heavy (non-hydrogen) atoms. The fraction of sp³-hybridized carbons (Fsp3) is 0.455. The molecular weight excluding hydrogens is 206 g/mol. The molecule has 1 aromatic rings. The third-order valence-corrected chi connectivity index (χ3v) is 2.79. The molecule has 0 saturated carbocycles. The zero-order valence-electron chi connectivity index (χ0n) is 9.82. The van der Waals surface area contributed by atoms with E-state index in [0.717, 1.165) is 18.9 Å². The fourth-order valence-electron chi connectivity index (χ4n) is 0.830. The van der Waals surface area contributed by atoms with Gasteiger partial charge in [-0.05, 0) is 26.0 Å². The van der Waals surface area contributed by atoms with Gasteiger partial charge in [-0.1, -0.05) is 18.2 Å². The Morgan fingerprint density at radius 3 is 1.93 bits per heavy atom. The Labute approximate surface area is 94.9 Å². The van der Waals surface area contributed by atoms with E-state index < -0.39 is 10.0 Å². The van der Waals surface area contributed by atoms with Crippen LogP contribution in [0.25, 0.3) is 0 Å². The average molecular weight is 227 g/mol. The van der Waals surface area contributed by atoms with Gasteiger partial charge >= 0.3 is 10.0 Å². The Hall–Kier alpha value is -0.843. The van der Waals surface area contributed by atoms with Gasteiger partial charge in [0.15, 0.2) is 0 Å². The van der Waals surface area contributed by atoms with E-state index in [1.165, 1.54) is 0 Å². The van der Waals surface area contributed by atoms with E-state index in [0.29, 0.717) is 0 Å². The summed E-state index contributed by atoms with van der Waals surface area (Å²) < 4.78 is 9.98. The summed E-state index contributed by atoms with van der Waals surface area (Å²) in [6.45, 7) is 5.55. The summed E-state index contributed by atoms with van der Waals surface area (Å²) in [5, 5.41) is 3.03. The highest BCUT2D eigenvalue weighted by Crippen LogP contribution is 2.01. The number of rotatable bonds is 5. The molecule has 86 valence electrons. The van der Waals surface area contributed by atoms with Gasteiger partial charge in [-0.15, -0.1) is 0 Å². The third-order valence-electron chi connectivity index (χ3n) is 1.64. The smallest absolute Gasteiger partial charge is 0.304 e. The summed E-state index contributed by atoms with van der Waals surface area (Å²) in [6, 6.07) is 10.1. The van der Waals surface area contributed by atoms with Crippen LogP contribution < -0.4 is 5.32 Å². The Morgan fingerprint density at radius 2 is 1.60 bits per heavy atom. The molecule has 0 saturated heterocycles. The van der Waals surface area contributed by atoms with E-state index in [9.17, 15) is 0 Å². The maximum atomic E-state index is 4.99. The molecule has 0 amide bonds. The quantitative estimate of drug-likeness (QED) is 0.614. The SMILES string of the molecule is CCO[SiH2]OCC.CNc1ccccc1. The summed E-state index contributed by atoms with van der Waals surface area (Å²) in [5.41, 5.74) is 1.16. The molecule has 1 N–H and O–H groups in total. The van der Waals surface area contributed by atoms with Crippen LogP contribution in [-0.4, -0.2) is 30.3 Å². The largest absolute Gasteiger partial charge is 0.399 e. The van der Waals surface area contributed by atoms with Gasteiger partial charge in [0.2, 0.25) is 0 Å². The fourth-order valence-corrected chi connectivity index (χ4v) is 1.28. The molecule has 0 aliphatic rings. The highest BCUT2D eigenvalue weighted by Gasteiger charge is 1.79. The molecule has 0 aliphatic heterocycles.